The van der Waals surface area contributed by atoms with Crippen LogP contribution in [0.15, 0.2) is 28.8 Å². The first-order valence-electron chi connectivity index (χ1n) is 5.08. The van der Waals surface area contributed by atoms with E-state index in [0.717, 1.165) is 11.6 Å². The summed E-state index contributed by atoms with van der Waals surface area (Å²) in [5.74, 6) is -1.25. The van der Waals surface area contributed by atoms with Crippen LogP contribution in [0.2, 0.25) is 0 Å². The molecule has 0 aliphatic carbocycles. The van der Waals surface area contributed by atoms with Gasteiger partial charge in [0.25, 0.3) is 6.43 Å². The molecule has 1 heterocycles. The molecule has 1 aromatic heterocycles. The molecule has 1 N–H and O–H groups in total. The molecule has 0 spiro atoms. The monoisotopic (exact) mass is 253 g/mol. The van der Waals surface area contributed by atoms with Crippen molar-refractivity contribution in [2.45, 2.75) is 13.3 Å². The number of aryl methyl sites for hydroxylation is 1. The minimum Gasteiger partial charge on any atom is -0.476 e. The van der Waals surface area contributed by atoms with E-state index in [4.69, 9.17) is 9.63 Å². The summed E-state index contributed by atoms with van der Waals surface area (Å²) in [6.07, 6.45) is -2.67. The topological polar surface area (TPSA) is 63.3 Å². The highest BCUT2D eigenvalue weighted by Gasteiger charge is 2.19. The molecule has 0 aliphatic rings. The maximum absolute atomic E-state index is 12.8. The Kier molecular flexibility index (Phi) is 3.10. The summed E-state index contributed by atoms with van der Waals surface area (Å²) >= 11 is 0. The summed E-state index contributed by atoms with van der Waals surface area (Å²) in [6.45, 7) is 1.74. The molecule has 0 radical (unpaired) electrons. The van der Waals surface area contributed by atoms with Gasteiger partial charge in [-0.15, -0.1) is 0 Å². The average molecular weight is 253 g/mol. The lowest BCUT2D eigenvalue weighted by Crippen LogP contribution is -1.94. The number of aromatic nitrogens is 1. The van der Waals surface area contributed by atoms with Crippen molar-refractivity contribution < 1.29 is 23.2 Å². The molecule has 0 atom stereocenters. The van der Waals surface area contributed by atoms with Crippen molar-refractivity contribution in [3.05, 3.63) is 41.1 Å². The Bertz CT molecular complexity index is 593. The molecule has 6 heteroatoms. The van der Waals surface area contributed by atoms with Gasteiger partial charge in [-0.25, -0.2) is 13.6 Å². The summed E-state index contributed by atoms with van der Waals surface area (Å²) in [7, 11) is 0. The number of carbonyl (C=O) groups is 1. The lowest BCUT2D eigenvalue weighted by molar-refractivity contribution is 0.0685. The van der Waals surface area contributed by atoms with E-state index in [0.29, 0.717) is 0 Å². The van der Waals surface area contributed by atoms with Gasteiger partial charge in [-0.3, -0.25) is 0 Å². The van der Waals surface area contributed by atoms with E-state index in [2.05, 4.69) is 5.16 Å². The second-order valence-electron chi connectivity index (χ2n) is 3.77. The van der Waals surface area contributed by atoms with Crippen molar-refractivity contribution in [1.82, 2.24) is 5.16 Å². The summed E-state index contributed by atoms with van der Waals surface area (Å²) in [6, 6.07) is 5.48. The predicted octanol–water partition coefficient (Wildman–Crippen LogP) is 3.29. The van der Waals surface area contributed by atoms with Crippen LogP contribution in [0.3, 0.4) is 0 Å². The van der Waals surface area contributed by atoms with Gasteiger partial charge in [-0.05, 0) is 13.0 Å². The van der Waals surface area contributed by atoms with E-state index in [9.17, 15) is 13.6 Å². The zero-order chi connectivity index (χ0) is 13.3. The third-order valence-electron chi connectivity index (χ3n) is 2.44. The second-order valence-corrected chi connectivity index (χ2v) is 3.77. The molecule has 0 saturated carbocycles. The molecule has 0 amide bonds. The Morgan fingerprint density at radius 3 is 2.67 bits per heavy atom. The number of hydrogen-bond donors (Lipinski definition) is 1. The highest BCUT2D eigenvalue weighted by Crippen LogP contribution is 2.32. The number of alkyl halides is 2. The Hall–Kier alpha value is -2.24. The van der Waals surface area contributed by atoms with Crippen LogP contribution >= 0.6 is 0 Å². The van der Waals surface area contributed by atoms with Crippen LogP contribution in [0.1, 0.15) is 28.0 Å². The van der Waals surface area contributed by atoms with E-state index in [1.165, 1.54) is 12.1 Å². The van der Waals surface area contributed by atoms with Gasteiger partial charge in [0.05, 0.1) is 0 Å². The van der Waals surface area contributed by atoms with Crippen molar-refractivity contribution >= 4 is 5.97 Å². The molecular weight excluding hydrogens is 244 g/mol. The van der Waals surface area contributed by atoms with E-state index >= 15 is 0 Å². The minimum atomic E-state index is -2.67. The Labute approximate surface area is 101 Å². The normalized spacial score (nSPS) is 10.9. The lowest BCUT2D eigenvalue weighted by Gasteiger charge is -2.06. The number of benzene rings is 1. The van der Waals surface area contributed by atoms with Crippen molar-refractivity contribution in [2.24, 2.45) is 0 Å². The molecule has 0 aliphatic heterocycles. The standard InChI is InChI=1S/C12H9F2NO3/c1-6-2-3-7(11(13)14)8(4-6)10-5-9(12(16)17)15-18-10/h2-5,11H,1H3,(H,16,17). The molecule has 2 rings (SSSR count). The van der Waals surface area contributed by atoms with E-state index in [1.54, 1.807) is 13.0 Å². The fourth-order valence-electron chi connectivity index (χ4n) is 1.58. The number of rotatable bonds is 3. The zero-order valence-corrected chi connectivity index (χ0v) is 9.35. The SMILES string of the molecule is Cc1ccc(C(F)F)c(-c2cc(C(=O)O)no2)c1. The van der Waals surface area contributed by atoms with Crippen LogP contribution < -0.4 is 0 Å². The van der Waals surface area contributed by atoms with Gasteiger partial charge < -0.3 is 9.63 Å². The van der Waals surface area contributed by atoms with Crippen molar-refractivity contribution in [3.63, 3.8) is 0 Å². The van der Waals surface area contributed by atoms with E-state index in [1.807, 2.05) is 0 Å². The van der Waals surface area contributed by atoms with Crippen LogP contribution in [-0.2, 0) is 0 Å². The first-order chi connectivity index (χ1) is 8.49. The Morgan fingerprint density at radius 1 is 1.39 bits per heavy atom. The molecule has 94 valence electrons. The number of aromatic carboxylic acids is 1. The summed E-state index contributed by atoms with van der Waals surface area (Å²) in [4.78, 5) is 10.7. The first-order valence-corrected chi connectivity index (χ1v) is 5.08. The number of carboxylic acids is 1. The quantitative estimate of drug-likeness (QED) is 0.911. The molecule has 0 fully saturated rings. The summed E-state index contributed by atoms with van der Waals surface area (Å²) in [5.41, 5.74) is 0.396. The van der Waals surface area contributed by atoms with Gasteiger partial charge in [-0.2, -0.15) is 0 Å². The minimum absolute atomic E-state index is 0.0198. The van der Waals surface area contributed by atoms with Crippen molar-refractivity contribution in [3.8, 4) is 11.3 Å². The fraction of sp³-hybridized carbons (Fsp3) is 0.167. The largest absolute Gasteiger partial charge is 0.476 e. The second kappa shape index (κ2) is 4.56. The van der Waals surface area contributed by atoms with E-state index in [-0.39, 0.29) is 22.6 Å². The molecule has 1 aromatic carbocycles. The van der Waals surface area contributed by atoms with Gasteiger partial charge in [0.2, 0.25) is 0 Å². The maximum Gasteiger partial charge on any atom is 0.358 e. The molecule has 0 saturated heterocycles. The Morgan fingerprint density at radius 2 is 2.11 bits per heavy atom. The molecule has 0 unspecified atom stereocenters. The summed E-state index contributed by atoms with van der Waals surface area (Å²) in [5, 5.41) is 12.0. The lowest BCUT2D eigenvalue weighted by atomic mass is 10.0. The third-order valence-corrected chi connectivity index (χ3v) is 2.44. The summed E-state index contributed by atoms with van der Waals surface area (Å²) < 4.78 is 30.5. The number of hydrogen-bond acceptors (Lipinski definition) is 3. The number of halogens is 2. The zero-order valence-electron chi connectivity index (χ0n) is 9.35. The van der Waals surface area contributed by atoms with Gasteiger partial charge in [0.15, 0.2) is 11.5 Å². The van der Waals surface area contributed by atoms with Gasteiger partial charge >= 0.3 is 5.97 Å². The third kappa shape index (κ3) is 2.22. The van der Waals surface area contributed by atoms with Gasteiger partial charge in [0, 0.05) is 17.2 Å². The van der Waals surface area contributed by atoms with Crippen molar-refractivity contribution in [1.29, 1.82) is 0 Å². The highest BCUT2D eigenvalue weighted by molar-refractivity contribution is 5.86. The molecule has 2 aromatic rings. The average Bonchev–Trinajstić information content (AvgIpc) is 2.77. The van der Waals surface area contributed by atoms with Crippen LogP contribution in [0.5, 0.6) is 0 Å². The first kappa shape index (κ1) is 12.2. The smallest absolute Gasteiger partial charge is 0.358 e. The van der Waals surface area contributed by atoms with E-state index < -0.39 is 12.4 Å². The van der Waals surface area contributed by atoms with Crippen LogP contribution in [0.4, 0.5) is 8.78 Å². The molecular formula is C12H9F2NO3. The molecule has 18 heavy (non-hydrogen) atoms. The van der Waals surface area contributed by atoms with Crippen LogP contribution in [0, 0.1) is 6.92 Å². The van der Waals surface area contributed by atoms with Crippen LogP contribution in [-0.4, -0.2) is 16.2 Å². The predicted molar refractivity (Wildman–Crippen MR) is 58.6 cm³/mol. The maximum atomic E-state index is 12.8. The number of carboxylic acid groups (broad SMARTS) is 1. The van der Waals surface area contributed by atoms with Crippen molar-refractivity contribution in [2.75, 3.05) is 0 Å². The number of nitrogens with zero attached hydrogens (tertiary/aromatic N) is 1. The highest BCUT2D eigenvalue weighted by atomic mass is 19.3. The Balaban J connectivity index is 2.54. The van der Waals surface area contributed by atoms with Gasteiger partial charge in [-0.1, -0.05) is 22.9 Å². The molecule has 4 nitrogen and oxygen atoms in total. The fourth-order valence-corrected chi connectivity index (χ4v) is 1.58. The molecule has 0 bridgehead atoms. The van der Waals surface area contributed by atoms with Crippen LogP contribution in [0.25, 0.3) is 11.3 Å². The van der Waals surface area contributed by atoms with Gasteiger partial charge in [0.1, 0.15) is 0 Å².